The average Bonchev–Trinajstić information content (AvgIpc) is 2.86. The number of carbonyl (C=O) groups excluding carboxylic acids is 1. The van der Waals surface area contributed by atoms with Gasteiger partial charge in [-0.1, -0.05) is 36.2 Å². The summed E-state index contributed by atoms with van der Waals surface area (Å²) in [6.45, 7) is 3.96. The van der Waals surface area contributed by atoms with Crippen LogP contribution < -0.4 is 10.1 Å². The monoisotopic (exact) mass is 355 g/mol. The maximum atomic E-state index is 12.4. The van der Waals surface area contributed by atoms with Crippen molar-refractivity contribution in [2.24, 2.45) is 5.92 Å². The molecule has 1 heterocycles. The molecule has 0 saturated heterocycles. The fourth-order valence-electron chi connectivity index (χ4n) is 2.34. The van der Waals surface area contributed by atoms with Gasteiger partial charge in [-0.25, -0.2) is 4.79 Å². The molecule has 0 fully saturated rings. The normalized spacial score (nSPS) is 19.3. The number of halogens is 1. The highest BCUT2D eigenvalue weighted by Gasteiger charge is 2.34. The summed E-state index contributed by atoms with van der Waals surface area (Å²) in [5.74, 6) is -1.24. The Hall–Kier alpha value is -1.56. The Bertz CT molecular complexity index is 561. The first-order chi connectivity index (χ1) is 9.93. The molecule has 1 aliphatic heterocycles. The lowest BCUT2D eigenvalue weighted by Crippen LogP contribution is -2.47. The Morgan fingerprint density at radius 3 is 2.86 bits per heavy atom. The largest absolute Gasteiger partial charge is 0.492 e. The van der Waals surface area contributed by atoms with Crippen LogP contribution in [-0.4, -0.2) is 29.6 Å². The summed E-state index contributed by atoms with van der Waals surface area (Å²) in [4.78, 5) is 23.7. The standard InChI is InChI=1S/C15H18BrNO4/c1-3-8(2)13(15(19)20)17-14(18)11-7-21-12-5-4-9(16)6-10(11)12/h4-6,8,11,13H,3,7H2,1-2H3,(H,17,18)(H,19,20). The molecular formula is C15H18BrNO4. The molecule has 1 amide bonds. The number of amides is 1. The van der Waals surface area contributed by atoms with Gasteiger partial charge in [0.25, 0.3) is 0 Å². The van der Waals surface area contributed by atoms with Gasteiger partial charge in [0.15, 0.2) is 0 Å². The minimum atomic E-state index is -1.01. The van der Waals surface area contributed by atoms with Gasteiger partial charge in [-0.15, -0.1) is 0 Å². The van der Waals surface area contributed by atoms with Gasteiger partial charge in [0.2, 0.25) is 5.91 Å². The Labute approximate surface area is 131 Å². The van der Waals surface area contributed by atoms with Gasteiger partial charge < -0.3 is 15.2 Å². The van der Waals surface area contributed by atoms with Crippen LogP contribution in [0.4, 0.5) is 0 Å². The smallest absolute Gasteiger partial charge is 0.326 e. The number of carboxylic acids is 1. The molecule has 5 nitrogen and oxygen atoms in total. The van der Waals surface area contributed by atoms with E-state index < -0.39 is 17.9 Å². The van der Waals surface area contributed by atoms with E-state index in [1.165, 1.54) is 0 Å². The van der Waals surface area contributed by atoms with E-state index in [1.807, 2.05) is 26.0 Å². The van der Waals surface area contributed by atoms with Gasteiger partial charge in [0, 0.05) is 10.0 Å². The Morgan fingerprint density at radius 1 is 1.52 bits per heavy atom. The Morgan fingerprint density at radius 2 is 2.24 bits per heavy atom. The van der Waals surface area contributed by atoms with Crippen molar-refractivity contribution >= 4 is 27.8 Å². The van der Waals surface area contributed by atoms with Crippen molar-refractivity contribution in [2.75, 3.05) is 6.61 Å². The SMILES string of the molecule is CCC(C)C(NC(=O)C1COc2ccc(Br)cc21)C(=O)O. The molecule has 0 radical (unpaired) electrons. The topological polar surface area (TPSA) is 75.6 Å². The first kappa shape index (κ1) is 15.8. The van der Waals surface area contributed by atoms with Gasteiger partial charge >= 0.3 is 5.97 Å². The van der Waals surface area contributed by atoms with Crippen LogP contribution in [-0.2, 0) is 9.59 Å². The quantitative estimate of drug-likeness (QED) is 0.850. The van der Waals surface area contributed by atoms with Crippen LogP contribution >= 0.6 is 15.9 Å². The zero-order valence-electron chi connectivity index (χ0n) is 11.9. The van der Waals surface area contributed by atoms with E-state index in [9.17, 15) is 14.7 Å². The minimum absolute atomic E-state index is 0.129. The third-order valence-electron chi connectivity index (χ3n) is 3.85. The molecular weight excluding hydrogens is 338 g/mol. The lowest BCUT2D eigenvalue weighted by Gasteiger charge is -2.21. The Balaban J connectivity index is 2.15. The van der Waals surface area contributed by atoms with Gasteiger partial charge in [-0.05, 0) is 24.1 Å². The molecule has 2 N–H and O–H groups in total. The van der Waals surface area contributed by atoms with Crippen LogP contribution in [0, 0.1) is 5.92 Å². The van der Waals surface area contributed by atoms with Crippen LogP contribution in [0.1, 0.15) is 31.7 Å². The van der Waals surface area contributed by atoms with Crippen molar-refractivity contribution in [3.63, 3.8) is 0 Å². The molecule has 1 aromatic rings. The zero-order chi connectivity index (χ0) is 15.6. The number of hydrogen-bond acceptors (Lipinski definition) is 3. The third-order valence-corrected chi connectivity index (χ3v) is 4.34. The van der Waals surface area contributed by atoms with Gasteiger partial charge in [-0.2, -0.15) is 0 Å². The lowest BCUT2D eigenvalue weighted by atomic mass is 9.96. The molecule has 1 aromatic carbocycles. The number of nitrogens with one attached hydrogen (secondary N) is 1. The molecule has 0 spiro atoms. The molecule has 0 bridgehead atoms. The maximum Gasteiger partial charge on any atom is 0.326 e. The number of ether oxygens (including phenoxy) is 1. The van der Waals surface area contributed by atoms with Crippen molar-refractivity contribution in [2.45, 2.75) is 32.2 Å². The molecule has 0 aromatic heterocycles. The molecule has 6 heteroatoms. The predicted octanol–water partition coefficient (Wildman–Crippen LogP) is 2.54. The second-order valence-electron chi connectivity index (χ2n) is 5.26. The molecule has 2 rings (SSSR count). The summed E-state index contributed by atoms with van der Waals surface area (Å²) in [6, 6.07) is 4.61. The predicted molar refractivity (Wildman–Crippen MR) is 81.4 cm³/mol. The van der Waals surface area contributed by atoms with Crippen LogP contribution in [0.15, 0.2) is 22.7 Å². The fraction of sp³-hybridized carbons (Fsp3) is 0.467. The number of aliphatic carboxylic acids is 1. The van der Waals surface area contributed by atoms with Gasteiger partial charge in [0.1, 0.15) is 24.3 Å². The number of carboxylic acid groups (broad SMARTS) is 1. The number of fused-ring (bicyclic) bond motifs is 1. The highest BCUT2D eigenvalue weighted by atomic mass is 79.9. The van der Waals surface area contributed by atoms with Crippen molar-refractivity contribution in [1.29, 1.82) is 0 Å². The van der Waals surface area contributed by atoms with E-state index in [-0.39, 0.29) is 18.4 Å². The van der Waals surface area contributed by atoms with Gasteiger partial charge in [-0.3, -0.25) is 4.79 Å². The highest BCUT2D eigenvalue weighted by molar-refractivity contribution is 9.10. The van der Waals surface area contributed by atoms with E-state index in [2.05, 4.69) is 21.2 Å². The van der Waals surface area contributed by atoms with Crippen molar-refractivity contribution in [3.8, 4) is 5.75 Å². The molecule has 1 aliphatic rings. The average molecular weight is 356 g/mol. The number of benzene rings is 1. The second-order valence-corrected chi connectivity index (χ2v) is 6.17. The molecule has 0 saturated carbocycles. The minimum Gasteiger partial charge on any atom is -0.492 e. The summed E-state index contributed by atoms with van der Waals surface area (Å²) in [5.41, 5.74) is 0.787. The van der Waals surface area contributed by atoms with E-state index in [1.54, 1.807) is 6.07 Å². The summed E-state index contributed by atoms with van der Waals surface area (Å²) < 4.78 is 6.35. The third kappa shape index (κ3) is 3.37. The molecule has 21 heavy (non-hydrogen) atoms. The Kier molecular flexibility index (Phi) is 4.88. The zero-order valence-corrected chi connectivity index (χ0v) is 13.5. The number of hydrogen-bond donors (Lipinski definition) is 2. The first-order valence-corrected chi connectivity index (χ1v) is 7.68. The van der Waals surface area contributed by atoms with Crippen LogP contribution in [0.25, 0.3) is 0 Å². The van der Waals surface area contributed by atoms with Crippen LogP contribution in [0.3, 0.4) is 0 Å². The van der Waals surface area contributed by atoms with E-state index in [4.69, 9.17) is 4.74 Å². The summed E-state index contributed by atoms with van der Waals surface area (Å²) >= 11 is 3.37. The van der Waals surface area contributed by atoms with E-state index >= 15 is 0 Å². The molecule has 3 unspecified atom stereocenters. The van der Waals surface area contributed by atoms with Crippen molar-refractivity contribution < 1.29 is 19.4 Å². The van der Waals surface area contributed by atoms with Crippen LogP contribution in [0.2, 0.25) is 0 Å². The number of carbonyl (C=O) groups is 2. The summed E-state index contributed by atoms with van der Waals surface area (Å²) in [7, 11) is 0. The highest BCUT2D eigenvalue weighted by Crippen LogP contribution is 2.36. The second kappa shape index (κ2) is 6.47. The fourth-order valence-corrected chi connectivity index (χ4v) is 2.72. The summed E-state index contributed by atoms with van der Waals surface area (Å²) in [6.07, 6.45) is 0.681. The van der Waals surface area contributed by atoms with Crippen molar-refractivity contribution in [3.05, 3.63) is 28.2 Å². The molecule has 0 aliphatic carbocycles. The van der Waals surface area contributed by atoms with E-state index in [0.29, 0.717) is 12.2 Å². The van der Waals surface area contributed by atoms with E-state index in [0.717, 1.165) is 10.0 Å². The lowest BCUT2D eigenvalue weighted by molar-refractivity contribution is -0.143. The molecule has 114 valence electrons. The van der Waals surface area contributed by atoms with Crippen molar-refractivity contribution in [1.82, 2.24) is 5.32 Å². The maximum absolute atomic E-state index is 12.4. The number of rotatable bonds is 5. The van der Waals surface area contributed by atoms with Crippen LogP contribution in [0.5, 0.6) is 5.75 Å². The molecule has 3 atom stereocenters. The summed E-state index contributed by atoms with van der Waals surface area (Å²) in [5, 5.41) is 11.9. The van der Waals surface area contributed by atoms with Gasteiger partial charge in [0.05, 0.1) is 0 Å². The first-order valence-electron chi connectivity index (χ1n) is 6.89.